The smallest absolute Gasteiger partial charge is 0.277 e. The first-order valence-electron chi connectivity index (χ1n) is 6.79. The molecule has 0 bridgehead atoms. The largest absolute Gasteiger partial charge is 0.508 e. The lowest BCUT2D eigenvalue weighted by Crippen LogP contribution is -2.24. The number of rotatable bonds is 5. The van der Waals surface area contributed by atoms with Crippen LogP contribution in [0.25, 0.3) is 0 Å². The van der Waals surface area contributed by atoms with Gasteiger partial charge in [0.15, 0.2) is 6.61 Å². The minimum absolute atomic E-state index is 0.0480. The molecule has 0 unspecified atom stereocenters. The molecule has 2 rings (SSSR count). The van der Waals surface area contributed by atoms with Crippen molar-refractivity contribution in [2.24, 2.45) is 5.10 Å². The van der Waals surface area contributed by atoms with E-state index in [0.29, 0.717) is 26.4 Å². The highest BCUT2D eigenvalue weighted by molar-refractivity contribution is 9.10. The van der Waals surface area contributed by atoms with E-state index < -0.39 is 5.91 Å². The predicted octanol–water partition coefficient (Wildman–Crippen LogP) is 3.35. The first kappa shape index (κ1) is 18.1. The summed E-state index contributed by atoms with van der Waals surface area (Å²) in [5.74, 6) is -0.172. The molecule has 0 fully saturated rings. The van der Waals surface area contributed by atoms with E-state index in [9.17, 15) is 15.0 Å². The van der Waals surface area contributed by atoms with Gasteiger partial charge in [-0.3, -0.25) is 4.79 Å². The summed E-state index contributed by atoms with van der Waals surface area (Å²) in [6.45, 7) is 1.46. The SMILES string of the molecule is Cc1cc(O)cc(O)c1C=NNC(=O)COc1ccc(Cl)cc1Br. The molecule has 0 saturated carbocycles. The van der Waals surface area contributed by atoms with E-state index in [2.05, 4.69) is 26.5 Å². The van der Waals surface area contributed by atoms with Crippen LogP contribution in [-0.2, 0) is 4.79 Å². The average Bonchev–Trinajstić information content (AvgIpc) is 2.49. The number of phenolic OH excluding ortho intramolecular Hbond substituents is 2. The molecule has 8 heteroatoms. The molecule has 2 aromatic carbocycles. The van der Waals surface area contributed by atoms with Crippen molar-refractivity contribution in [2.45, 2.75) is 6.92 Å². The van der Waals surface area contributed by atoms with E-state index in [-0.39, 0.29) is 18.1 Å². The zero-order chi connectivity index (χ0) is 17.7. The molecular formula is C16H14BrClN2O4. The van der Waals surface area contributed by atoms with Crippen molar-refractivity contribution < 1.29 is 19.7 Å². The molecule has 0 atom stereocenters. The van der Waals surface area contributed by atoms with Gasteiger partial charge in [0.05, 0.1) is 10.7 Å². The van der Waals surface area contributed by atoms with Crippen LogP contribution in [0.4, 0.5) is 0 Å². The number of halogens is 2. The number of hydrogen-bond donors (Lipinski definition) is 3. The van der Waals surface area contributed by atoms with Crippen molar-refractivity contribution in [1.82, 2.24) is 5.43 Å². The number of hydrazone groups is 1. The molecule has 24 heavy (non-hydrogen) atoms. The third-order valence-electron chi connectivity index (χ3n) is 2.99. The molecule has 0 aromatic heterocycles. The standard InChI is InChI=1S/C16H14BrClN2O4/c1-9-4-11(21)6-14(22)12(9)7-19-20-16(23)8-24-15-3-2-10(18)5-13(15)17/h2-7,21-22H,8H2,1H3,(H,20,23). The molecule has 0 aliphatic rings. The van der Waals surface area contributed by atoms with Gasteiger partial charge in [0.25, 0.3) is 5.91 Å². The summed E-state index contributed by atoms with van der Waals surface area (Å²) in [5, 5.41) is 23.4. The molecule has 0 radical (unpaired) electrons. The molecule has 0 aliphatic carbocycles. The molecular weight excluding hydrogens is 400 g/mol. The highest BCUT2D eigenvalue weighted by Gasteiger charge is 2.07. The Balaban J connectivity index is 1.91. The van der Waals surface area contributed by atoms with E-state index >= 15 is 0 Å². The van der Waals surface area contributed by atoms with Gasteiger partial charge in [-0.05, 0) is 52.7 Å². The normalized spacial score (nSPS) is 10.8. The molecule has 6 nitrogen and oxygen atoms in total. The Hall–Kier alpha value is -2.25. The molecule has 0 spiro atoms. The number of amides is 1. The summed E-state index contributed by atoms with van der Waals surface area (Å²) in [6.07, 6.45) is 1.29. The maximum atomic E-state index is 11.7. The zero-order valence-corrected chi connectivity index (χ0v) is 14.9. The fourth-order valence-corrected chi connectivity index (χ4v) is 2.66. The van der Waals surface area contributed by atoms with E-state index in [1.54, 1.807) is 25.1 Å². The van der Waals surface area contributed by atoms with Crippen molar-refractivity contribution in [3.63, 3.8) is 0 Å². The maximum absolute atomic E-state index is 11.7. The first-order valence-corrected chi connectivity index (χ1v) is 7.96. The minimum atomic E-state index is -0.468. The lowest BCUT2D eigenvalue weighted by molar-refractivity contribution is -0.123. The molecule has 0 saturated heterocycles. The number of aryl methyl sites for hydroxylation is 1. The topological polar surface area (TPSA) is 91.1 Å². The van der Waals surface area contributed by atoms with Crippen molar-refractivity contribution in [2.75, 3.05) is 6.61 Å². The zero-order valence-electron chi connectivity index (χ0n) is 12.6. The Morgan fingerprint density at radius 2 is 2.12 bits per heavy atom. The maximum Gasteiger partial charge on any atom is 0.277 e. The fraction of sp³-hybridized carbons (Fsp3) is 0.125. The second kappa shape index (κ2) is 8.03. The average molecular weight is 414 g/mol. The fourth-order valence-electron chi connectivity index (χ4n) is 1.87. The summed E-state index contributed by atoms with van der Waals surface area (Å²) in [6, 6.07) is 7.61. The number of benzene rings is 2. The molecule has 126 valence electrons. The van der Waals surface area contributed by atoms with Gasteiger partial charge in [0, 0.05) is 16.7 Å². The molecule has 2 aromatic rings. The number of hydrogen-bond acceptors (Lipinski definition) is 5. The summed E-state index contributed by atoms with van der Waals surface area (Å²) >= 11 is 9.10. The molecule has 0 heterocycles. The van der Waals surface area contributed by atoms with Crippen LogP contribution in [0.15, 0.2) is 39.9 Å². The van der Waals surface area contributed by atoms with Gasteiger partial charge in [0.1, 0.15) is 17.2 Å². The predicted molar refractivity (Wildman–Crippen MR) is 94.9 cm³/mol. The van der Waals surface area contributed by atoms with Crippen LogP contribution in [0, 0.1) is 6.92 Å². The third kappa shape index (κ3) is 4.87. The number of nitrogens with zero attached hydrogens (tertiary/aromatic N) is 1. The number of phenols is 2. The third-order valence-corrected chi connectivity index (χ3v) is 3.84. The quantitative estimate of drug-likeness (QED) is 0.518. The number of aromatic hydroxyl groups is 2. The minimum Gasteiger partial charge on any atom is -0.508 e. The van der Waals surface area contributed by atoms with E-state index in [4.69, 9.17) is 16.3 Å². The highest BCUT2D eigenvalue weighted by atomic mass is 79.9. The summed E-state index contributed by atoms with van der Waals surface area (Å²) in [7, 11) is 0. The van der Waals surface area contributed by atoms with Crippen LogP contribution in [0.3, 0.4) is 0 Å². The van der Waals surface area contributed by atoms with Crippen LogP contribution in [-0.4, -0.2) is 28.9 Å². The highest BCUT2D eigenvalue weighted by Crippen LogP contribution is 2.28. The lowest BCUT2D eigenvalue weighted by Gasteiger charge is -2.07. The van der Waals surface area contributed by atoms with Crippen molar-refractivity contribution in [1.29, 1.82) is 0 Å². The lowest BCUT2D eigenvalue weighted by atomic mass is 10.1. The summed E-state index contributed by atoms with van der Waals surface area (Å²) < 4.78 is 5.98. The van der Waals surface area contributed by atoms with E-state index in [1.807, 2.05) is 0 Å². The van der Waals surface area contributed by atoms with E-state index in [1.165, 1.54) is 18.3 Å². The summed E-state index contributed by atoms with van der Waals surface area (Å²) in [5.41, 5.74) is 3.31. The second-order valence-corrected chi connectivity index (χ2v) is 6.14. The van der Waals surface area contributed by atoms with Gasteiger partial charge in [0.2, 0.25) is 0 Å². The number of carbonyl (C=O) groups is 1. The Morgan fingerprint density at radius 3 is 2.79 bits per heavy atom. The van der Waals surface area contributed by atoms with Crippen molar-refractivity contribution in [3.8, 4) is 17.2 Å². The number of ether oxygens (including phenoxy) is 1. The van der Waals surface area contributed by atoms with Crippen LogP contribution >= 0.6 is 27.5 Å². The number of carbonyl (C=O) groups excluding carboxylic acids is 1. The van der Waals surface area contributed by atoms with Crippen LogP contribution < -0.4 is 10.2 Å². The van der Waals surface area contributed by atoms with Crippen LogP contribution in [0.5, 0.6) is 17.2 Å². The molecule has 1 amide bonds. The Bertz CT molecular complexity index is 773. The number of nitrogens with one attached hydrogen (secondary N) is 1. The Kier molecular flexibility index (Phi) is 6.05. The summed E-state index contributed by atoms with van der Waals surface area (Å²) in [4.78, 5) is 11.7. The second-order valence-electron chi connectivity index (χ2n) is 4.85. The van der Waals surface area contributed by atoms with Gasteiger partial charge >= 0.3 is 0 Å². The molecule has 0 aliphatic heterocycles. The van der Waals surface area contributed by atoms with Crippen LogP contribution in [0.2, 0.25) is 5.02 Å². The van der Waals surface area contributed by atoms with Gasteiger partial charge in [-0.25, -0.2) is 5.43 Å². The first-order chi connectivity index (χ1) is 11.4. The monoisotopic (exact) mass is 412 g/mol. The van der Waals surface area contributed by atoms with E-state index in [0.717, 1.165) is 0 Å². The molecule has 3 N–H and O–H groups in total. The van der Waals surface area contributed by atoms with Gasteiger partial charge in [-0.2, -0.15) is 5.10 Å². The van der Waals surface area contributed by atoms with Gasteiger partial charge in [-0.1, -0.05) is 11.6 Å². The Morgan fingerprint density at radius 1 is 1.38 bits per heavy atom. The Labute approximate surface area is 151 Å². The van der Waals surface area contributed by atoms with Crippen LogP contribution in [0.1, 0.15) is 11.1 Å². The van der Waals surface area contributed by atoms with Gasteiger partial charge < -0.3 is 14.9 Å². The van der Waals surface area contributed by atoms with Gasteiger partial charge in [-0.15, -0.1) is 0 Å². The van der Waals surface area contributed by atoms with Crippen molar-refractivity contribution >= 4 is 39.7 Å². The van der Waals surface area contributed by atoms with Crippen molar-refractivity contribution in [3.05, 3.63) is 51.0 Å².